The maximum atomic E-state index is 12.6. The van der Waals surface area contributed by atoms with Gasteiger partial charge in [0.15, 0.2) is 0 Å². The topological polar surface area (TPSA) is 95.6 Å². The van der Waals surface area contributed by atoms with Crippen molar-refractivity contribution in [3.63, 3.8) is 0 Å². The molecule has 0 heterocycles. The largest absolute Gasteiger partial charge is 0.339 e. The molecule has 0 aromatic heterocycles. The van der Waals surface area contributed by atoms with Crippen LogP contribution in [0.3, 0.4) is 0 Å². The van der Waals surface area contributed by atoms with Crippen LogP contribution in [0.25, 0.3) is 0 Å². The van der Waals surface area contributed by atoms with Gasteiger partial charge in [0, 0.05) is 30.2 Å². The lowest BCUT2D eigenvalue weighted by Crippen LogP contribution is -2.18. The molecule has 2 aromatic carbocycles. The molecule has 2 N–H and O–H groups in total. The molecule has 0 atom stereocenters. The van der Waals surface area contributed by atoms with Gasteiger partial charge in [-0.15, -0.1) is 0 Å². The van der Waals surface area contributed by atoms with Gasteiger partial charge in [0.25, 0.3) is 11.1 Å². The standard InChI is InChI=1S/C19H23N3O4S2/c1-4-12-28(25,26)21-15-9-7-8-14(13-15)18(23)20-16-10-5-6-11-17(16)27-19(24)22(2)3/h5-11,13,21H,4,12H2,1-3H3,(H,20,23). The SMILES string of the molecule is CCCS(=O)(=O)Nc1cccc(C(=O)Nc2ccccc2SC(=O)N(C)C)c1. The van der Waals surface area contributed by atoms with Gasteiger partial charge in [-0.1, -0.05) is 25.1 Å². The molecule has 0 aliphatic rings. The first kappa shape index (κ1) is 21.8. The number of thioether (sulfide) groups is 1. The van der Waals surface area contributed by atoms with Crippen molar-refractivity contribution in [2.24, 2.45) is 0 Å². The number of para-hydroxylation sites is 1. The van der Waals surface area contributed by atoms with Crippen molar-refractivity contribution in [2.45, 2.75) is 18.2 Å². The highest BCUT2D eigenvalue weighted by Crippen LogP contribution is 2.29. The van der Waals surface area contributed by atoms with Crippen molar-refractivity contribution in [3.05, 3.63) is 54.1 Å². The number of benzene rings is 2. The van der Waals surface area contributed by atoms with E-state index in [4.69, 9.17) is 0 Å². The molecule has 0 aliphatic carbocycles. The Labute approximate surface area is 169 Å². The lowest BCUT2D eigenvalue weighted by molar-refractivity contribution is 0.102. The van der Waals surface area contributed by atoms with Gasteiger partial charge in [0.05, 0.1) is 11.4 Å². The Morgan fingerprint density at radius 2 is 1.79 bits per heavy atom. The van der Waals surface area contributed by atoms with E-state index in [1.54, 1.807) is 63.5 Å². The summed E-state index contributed by atoms with van der Waals surface area (Å²) in [6, 6.07) is 13.3. The van der Waals surface area contributed by atoms with E-state index >= 15 is 0 Å². The van der Waals surface area contributed by atoms with Crippen LogP contribution >= 0.6 is 11.8 Å². The van der Waals surface area contributed by atoms with Crippen LogP contribution in [-0.2, 0) is 10.0 Å². The zero-order valence-electron chi connectivity index (χ0n) is 15.9. The number of hydrogen-bond donors (Lipinski definition) is 2. The van der Waals surface area contributed by atoms with E-state index in [1.165, 1.54) is 11.0 Å². The van der Waals surface area contributed by atoms with Gasteiger partial charge in [-0.05, 0) is 48.5 Å². The van der Waals surface area contributed by atoms with Crippen LogP contribution in [0.4, 0.5) is 16.2 Å². The zero-order chi connectivity index (χ0) is 20.7. The van der Waals surface area contributed by atoms with E-state index in [0.717, 1.165) is 11.8 Å². The van der Waals surface area contributed by atoms with Crippen LogP contribution in [0.15, 0.2) is 53.4 Å². The maximum absolute atomic E-state index is 12.6. The van der Waals surface area contributed by atoms with Gasteiger partial charge >= 0.3 is 0 Å². The zero-order valence-corrected chi connectivity index (χ0v) is 17.6. The summed E-state index contributed by atoms with van der Waals surface area (Å²) < 4.78 is 26.3. The van der Waals surface area contributed by atoms with E-state index in [1.807, 2.05) is 0 Å². The van der Waals surface area contributed by atoms with E-state index in [9.17, 15) is 18.0 Å². The summed E-state index contributed by atoms with van der Waals surface area (Å²) in [6.45, 7) is 1.78. The summed E-state index contributed by atoms with van der Waals surface area (Å²) >= 11 is 1.01. The van der Waals surface area contributed by atoms with Crippen molar-refractivity contribution < 1.29 is 18.0 Å². The summed E-state index contributed by atoms with van der Waals surface area (Å²) in [5.74, 6) is -0.393. The van der Waals surface area contributed by atoms with E-state index < -0.39 is 15.9 Å². The Balaban J connectivity index is 2.18. The summed E-state index contributed by atoms with van der Waals surface area (Å²) in [7, 11) is -0.133. The van der Waals surface area contributed by atoms with Crippen LogP contribution in [-0.4, -0.2) is 44.3 Å². The molecule has 0 saturated heterocycles. The molecule has 2 amide bonds. The molecule has 0 saturated carbocycles. The number of carbonyl (C=O) groups excluding carboxylic acids is 2. The highest BCUT2D eigenvalue weighted by Gasteiger charge is 2.15. The third-order valence-electron chi connectivity index (χ3n) is 3.57. The predicted octanol–water partition coefficient (Wildman–Crippen LogP) is 3.86. The second-order valence-electron chi connectivity index (χ2n) is 6.21. The fourth-order valence-corrected chi connectivity index (χ4v) is 4.13. The molecule has 0 radical (unpaired) electrons. The number of anilines is 2. The van der Waals surface area contributed by atoms with Crippen LogP contribution in [0.5, 0.6) is 0 Å². The van der Waals surface area contributed by atoms with Crippen LogP contribution in [0, 0.1) is 0 Å². The van der Waals surface area contributed by atoms with Crippen LogP contribution in [0.1, 0.15) is 23.7 Å². The summed E-state index contributed by atoms with van der Waals surface area (Å²) in [5, 5.41) is 2.62. The molecule has 0 unspecified atom stereocenters. The normalized spacial score (nSPS) is 11.0. The second kappa shape index (κ2) is 9.61. The quantitative estimate of drug-likeness (QED) is 0.662. The van der Waals surface area contributed by atoms with E-state index in [2.05, 4.69) is 10.0 Å². The minimum absolute atomic E-state index is 0.00786. The third kappa shape index (κ3) is 6.28. The minimum atomic E-state index is -3.44. The molecule has 150 valence electrons. The molecule has 2 rings (SSSR count). The van der Waals surface area contributed by atoms with Crippen LogP contribution in [0.2, 0.25) is 0 Å². The minimum Gasteiger partial charge on any atom is -0.339 e. The number of amides is 2. The maximum Gasteiger partial charge on any atom is 0.286 e. The van der Waals surface area contributed by atoms with Gasteiger partial charge < -0.3 is 10.2 Å². The first-order chi connectivity index (χ1) is 13.2. The van der Waals surface area contributed by atoms with Crippen molar-refractivity contribution in [1.29, 1.82) is 0 Å². The number of sulfonamides is 1. The molecule has 0 fully saturated rings. The van der Waals surface area contributed by atoms with Crippen molar-refractivity contribution in [2.75, 3.05) is 29.9 Å². The average molecular weight is 422 g/mol. The number of nitrogens with zero attached hydrogens (tertiary/aromatic N) is 1. The van der Waals surface area contributed by atoms with Crippen LogP contribution < -0.4 is 10.0 Å². The first-order valence-corrected chi connectivity index (χ1v) is 11.1. The molecular formula is C19H23N3O4S2. The molecule has 9 heteroatoms. The fraction of sp³-hybridized carbons (Fsp3) is 0.263. The van der Waals surface area contributed by atoms with E-state index in [-0.39, 0.29) is 11.0 Å². The highest BCUT2D eigenvalue weighted by atomic mass is 32.2. The monoisotopic (exact) mass is 421 g/mol. The fourth-order valence-electron chi connectivity index (χ4n) is 2.26. The Hall–Kier alpha value is -2.52. The van der Waals surface area contributed by atoms with Gasteiger partial charge in [0.2, 0.25) is 10.0 Å². The molecule has 0 spiro atoms. The van der Waals surface area contributed by atoms with Crippen molar-refractivity contribution in [3.8, 4) is 0 Å². The summed E-state index contributed by atoms with van der Waals surface area (Å²) in [6.07, 6.45) is 0.496. The van der Waals surface area contributed by atoms with Gasteiger partial charge in [-0.2, -0.15) is 0 Å². The molecule has 7 nitrogen and oxygen atoms in total. The number of nitrogens with one attached hydrogen (secondary N) is 2. The van der Waals surface area contributed by atoms with Gasteiger partial charge in [-0.25, -0.2) is 8.42 Å². The number of hydrogen-bond acceptors (Lipinski definition) is 5. The number of carbonyl (C=O) groups is 2. The predicted molar refractivity (Wildman–Crippen MR) is 113 cm³/mol. The molecule has 0 bridgehead atoms. The second-order valence-corrected chi connectivity index (χ2v) is 9.05. The van der Waals surface area contributed by atoms with Gasteiger partial charge in [-0.3, -0.25) is 14.3 Å². The Morgan fingerprint density at radius 1 is 1.07 bits per heavy atom. The lowest BCUT2D eigenvalue weighted by Gasteiger charge is -2.13. The Kier molecular flexibility index (Phi) is 7.47. The van der Waals surface area contributed by atoms with Crippen molar-refractivity contribution in [1.82, 2.24) is 4.90 Å². The lowest BCUT2D eigenvalue weighted by atomic mass is 10.2. The Bertz CT molecular complexity index is 959. The third-order valence-corrected chi connectivity index (χ3v) is 6.18. The highest BCUT2D eigenvalue weighted by molar-refractivity contribution is 8.13. The smallest absolute Gasteiger partial charge is 0.286 e. The van der Waals surface area contributed by atoms with E-state index in [0.29, 0.717) is 28.3 Å². The molecule has 28 heavy (non-hydrogen) atoms. The summed E-state index contributed by atoms with van der Waals surface area (Å²) in [4.78, 5) is 26.7. The first-order valence-electron chi connectivity index (χ1n) is 8.62. The molecule has 0 aliphatic heterocycles. The summed E-state index contributed by atoms with van der Waals surface area (Å²) in [5.41, 5.74) is 1.13. The average Bonchev–Trinajstić information content (AvgIpc) is 2.62. The van der Waals surface area contributed by atoms with Crippen molar-refractivity contribution >= 4 is 44.3 Å². The molecular weight excluding hydrogens is 398 g/mol. The number of rotatable bonds is 7. The molecule has 2 aromatic rings. The Morgan fingerprint density at radius 3 is 2.46 bits per heavy atom. The van der Waals surface area contributed by atoms with Gasteiger partial charge in [0.1, 0.15) is 0 Å².